The number of halogens is 1. The van der Waals surface area contributed by atoms with Gasteiger partial charge in [-0.25, -0.2) is 4.98 Å². The van der Waals surface area contributed by atoms with E-state index >= 15 is 0 Å². The minimum absolute atomic E-state index is 0.135. The molecule has 1 amide bonds. The molecule has 1 heterocycles. The van der Waals surface area contributed by atoms with Crippen molar-refractivity contribution in [3.05, 3.63) is 51.4 Å². The molecule has 5 nitrogen and oxygen atoms in total. The molecule has 22 heavy (non-hydrogen) atoms. The Morgan fingerprint density at radius 2 is 2.14 bits per heavy atom. The van der Waals surface area contributed by atoms with Gasteiger partial charge < -0.3 is 10.3 Å². The minimum atomic E-state index is -0.215. The molecule has 1 aromatic heterocycles. The van der Waals surface area contributed by atoms with Crippen LogP contribution in [0.4, 0.5) is 5.69 Å². The maximum absolute atomic E-state index is 11.9. The van der Waals surface area contributed by atoms with Crippen molar-refractivity contribution in [3.8, 4) is 0 Å². The normalized spacial score (nSPS) is 10.7. The Bertz CT molecular complexity index is 731. The van der Waals surface area contributed by atoms with Gasteiger partial charge in [-0.05, 0) is 18.1 Å². The van der Waals surface area contributed by atoms with Crippen LogP contribution in [0.1, 0.15) is 25.5 Å². The quantitative estimate of drug-likeness (QED) is 0.648. The number of carbonyl (C=O) groups is 1. The summed E-state index contributed by atoms with van der Waals surface area (Å²) in [7, 11) is 0. The number of nitrogens with one attached hydrogen (secondary N) is 2. The van der Waals surface area contributed by atoms with E-state index in [0.717, 1.165) is 0 Å². The second kappa shape index (κ2) is 7.47. The lowest BCUT2D eigenvalue weighted by molar-refractivity contribution is -0.113. The maximum atomic E-state index is 11.9. The van der Waals surface area contributed by atoms with Gasteiger partial charge in [0.1, 0.15) is 0 Å². The van der Waals surface area contributed by atoms with Crippen LogP contribution >= 0.6 is 23.4 Å². The van der Waals surface area contributed by atoms with Gasteiger partial charge in [-0.2, -0.15) is 0 Å². The average molecular weight is 338 g/mol. The van der Waals surface area contributed by atoms with Gasteiger partial charge in [0.2, 0.25) is 5.91 Å². The highest BCUT2D eigenvalue weighted by molar-refractivity contribution is 7.99. The first-order valence-corrected chi connectivity index (χ1v) is 8.10. The number of hydrogen-bond donors (Lipinski definition) is 2. The lowest BCUT2D eigenvalue weighted by Crippen LogP contribution is -2.16. The van der Waals surface area contributed by atoms with Gasteiger partial charge in [0.05, 0.1) is 22.2 Å². The lowest BCUT2D eigenvalue weighted by Gasteiger charge is -2.08. The number of thioether (sulfide) groups is 1. The van der Waals surface area contributed by atoms with Gasteiger partial charge in [0, 0.05) is 6.07 Å². The highest BCUT2D eigenvalue weighted by atomic mass is 35.5. The van der Waals surface area contributed by atoms with E-state index in [1.165, 1.54) is 17.8 Å². The molecule has 1 aromatic carbocycles. The smallest absolute Gasteiger partial charge is 0.251 e. The molecule has 2 N–H and O–H groups in total. The molecule has 0 atom stereocenters. The zero-order valence-electron chi connectivity index (χ0n) is 12.2. The average Bonchev–Trinajstić information content (AvgIpc) is 2.47. The predicted octanol–water partition coefficient (Wildman–Crippen LogP) is 3.28. The molecule has 2 rings (SSSR count). The van der Waals surface area contributed by atoms with Crippen molar-refractivity contribution in [1.82, 2.24) is 9.97 Å². The molecule has 2 aromatic rings. The number of rotatable bonds is 5. The van der Waals surface area contributed by atoms with Crippen LogP contribution in [0.5, 0.6) is 0 Å². The van der Waals surface area contributed by atoms with Crippen LogP contribution < -0.4 is 10.9 Å². The third-order valence-corrected chi connectivity index (χ3v) is 4.02. The van der Waals surface area contributed by atoms with E-state index in [2.05, 4.69) is 15.3 Å². The SMILES string of the molecule is CC(C)c1cc(=O)[nH]c(SCC(=O)Nc2ccccc2Cl)n1. The minimum Gasteiger partial charge on any atom is -0.324 e. The number of amides is 1. The van der Waals surface area contributed by atoms with Crippen molar-refractivity contribution in [2.75, 3.05) is 11.1 Å². The number of para-hydroxylation sites is 1. The number of benzene rings is 1. The molecule has 0 aliphatic rings. The first-order valence-electron chi connectivity index (χ1n) is 6.74. The van der Waals surface area contributed by atoms with Crippen molar-refractivity contribution >= 4 is 35.0 Å². The molecule has 0 aliphatic heterocycles. The first-order chi connectivity index (χ1) is 10.5. The molecule has 0 radical (unpaired) electrons. The first kappa shape index (κ1) is 16.6. The van der Waals surface area contributed by atoms with E-state index in [1.807, 2.05) is 13.8 Å². The van der Waals surface area contributed by atoms with Gasteiger partial charge in [-0.1, -0.05) is 49.3 Å². The molecule has 0 saturated carbocycles. The largest absolute Gasteiger partial charge is 0.324 e. The third-order valence-electron chi connectivity index (χ3n) is 2.82. The lowest BCUT2D eigenvalue weighted by atomic mass is 10.1. The Morgan fingerprint density at radius 3 is 2.82 bits per heavy atom. The van der Waals surface area contributed by atoms with E-state index in [1.54, 1.807) is 24.3 Å². The van der Waals surface area contributed by atoms with Crippen LogP contribution in [0.15, 0.2) is 40.3 Å². The number of nitrogens with zero attached hydrogens (tertiary/aromatic N) is 1. The van der Waals surface area contributed by atoms with E-state index in [4.69, 9.17) is 11.6 Å². The Hall–Kier alpha value is -1.79. The Kier molecular flexibility index (Phi) is 5.63. The topological polar surface area (TPSA) is 74.8 Å². The van der Waals surface area contributed by atoms with E-state index in [9.17, 15) is 9.59 Å². The zero-order chi connectivity index (χ0) is 16.1. The summed E-state index contributed by atoms with van der Waals surface area (Å²) in [5, 5.41) is 3.64. The zero-order valence-corrected chi connectivity index (χ0v) is 13.8. The maximum Gasteiger partial charge on any atom is 0.251 e. The second-order valence-corrected chi connectivity index (χ2v) is 6.32. The van der Waals surface area contributed by atoms with Gasteiger partial charge >= 0.3 is 0 Å². The standard InChI is InChI=1S/C15H16ClN3O2S/c1-9(2)12-7-13(20)19-15(18-12)22-8-14(21)17-11-6-4-3-5-10(11)16/h3-7,9H,8H2,1-2H3,(H,17,21)(H,18,19,20). The molecule has 0 spiro atoms. The summed E-state index contributed by atoms with van der Waals surface area (Å²) in [4.78, 5) is 30.5. The number of H-pyrrole nitrogens is 1. The van der Waals surface area contributed by atoms with Crippen LogP contribution in [0, 0.1) is 0 Å². The van der Waals surface area contributed by atoms with Gasteiger partial charge in [-0.15, -0.1) is 0 Å². The highest BCUT2D eigenvalue weighted by Crippen LogP contribution is 2.21. The van der Waals surface area contributed by atoms with Crippen LogP contribution in [0.25, 0.3) is 0 Å². The molecule has 0 unspecified atom stereocenters. The molecule has 116 valence electrons. The van der Waals surface area contributed by atoms with E-state index in [-0.39, 0.29) is 23.1 Å². The van der Waals surface area contributed by atoms with E-state index in [0.29, 0.717) is 21.6 Å². The van der Waals surface area contributed by atoms with Gasteiger partial charge in [0.25, 0.3) is 5.56 Å². The number of anilines is 1. The number of hydrogen-bond acceptors (Lipinski definition) is 4. The fourth-order valence-corrected chi connectivity index (χ4v) is 2.57. The summed E-state index contributed by atoms with van der Waals surface area (Å²) >= 11 is 7.16. The molecule has 0 fully saturated rings. The summed E-state index contributed by atoms with van der Waals surface area (Å²) in [5.74, 6) is 0.0738. The van der Waals surface area contributed by atoms with Gasteiger partial charge in [-0.3, -0.25) is 9.59 Å². The third kappa shape index (κ3) is 4.61. The molecule has 0 saturated heterocycles. The van der Waals surface area contributed by atoms with Crippen LogP contribution in [0.3, 0.4) is 0 Å². The number of aromatic amines is 1. The van der Waals surface area contributed by atoms with Crippen molar-refractivity contribution in [2.45, 2.75) is 24.9 Å². The van der Waals surface area contributed by atoms with Crippen molar-refractivity contribution < 1.29 is 4.79 Å². The van der Waals surface area contributed by atoms with Crippen molar-refractivity contribution in [3.63, 3.8) is 0 Å². The fourth-order valence-electron chi connectivity index (χ4n) is 1.70. The van der Waals surface area contributed by atoms with Crippen molar-refractivity contribution in [2.24, 2.45) is 0 Å². The Balaban J connectivity index is 2.00. The molecular weight excluding hydrogens is 322 g/mol. The fraction of sp³-hybridized carbons (Fsp3) is 0.267. The van der Waals surface area contributed by atoms with Crippen LogP contribution in [-0.2, 0) is 4.79 Å². The molecule has 0 aliphatic carbocycles. The number of carbonyl (C=O) groups excluding carboxylic acids is 1. The molecule has 7 heteroatoms. The van der Waals surface area contributed by atoms with Gasteiger partial charge in [0.15, 0.2) is 5.16 Å². The summed E-state index contributed by atoms with van der Waals surface area (Å²) in [5.41, 5.74) is 1.05. The summed E-state index contributed by atoms with van der Waals surface area (Å²) in [6, 6.07) is 8.48. The summed E-state index contributed by atoms with van der Waals surface area (Å²) in [6.45, 7) is 3.92. The van der Waals surface area contributed by atoms with E-state index < -0.39 is 0 Å². The monoisotopic (exact) mass is 337 g/mol. The number of aromatic nitrogens is 2. The molecular formula is C15H16ClN3O2S. The predicted molar refractivity (Wildman–Crippen MR) is 89.8 cm³/mol. The Morgan fingerprint density at radius 1 is 1.41 bits per heavy atom. The van der Waals surface area contributed by atoms with Crippen LogP contribution in [0.2, 0.25) is 5.02 Å². The second-order valence-electron chi connectivity index (χ2n) is 4.95. The Labute approximate surface area is 137 Å². The van der Waals surface area contributed by atoms with Crippen LogP contribution in [-0.4, -0.2) is 21.6 Å². The molecule has 0 bridgehead atoms. The highest BCUT2D eigenvalue weighted by Gasteiger charge is 2.09. The summed E-state index contributed by atoms with van der Waals surface area (Å²) < 4.78 is 0. The van der Waals surface area contributed by atoms with Crippen molar-refractivity contribution in [1.29, 1.82) is 0 Å². The summed E-state index contributed by atoms with van der Waals surface area (Å²) in [6.07, 6.45) is 0.